The number of hydrogen-bond donors (Lipinski definition) is 0. The largest absolute Gasteiger partial charge is 0.376 e. The van der Waals surface area contributed by atoms with E-state index in [9.17, 15) is 9.59 Å². The number of nitrogens with zero attached hydrogens (tertiary/aromatic N) is 3. The van der Waals surface area contributed by atoms with Gasteiger partial charge >= 0.3 is 0 Å². The minimum Gasteiger partial charge on any atom is -0.376 e. The zero-order chi connectivity index (χ0) is 21.2. The fourth-order valence-corrected chi connectivity index (χ4v) is 5.32. The van der Waals surface area contributed by atoms with Gasteiger partial charge in [0.25, 0.3) is 0 Å². The summed E-state index contributed by atoms with van der Waals surface area (Å²) in [5, 5.41) is 0.690. The van der Waals surface area contributed by atoms with Crippen molar-refractivity contribution in [1.82, 2.24) is 9.88 Å². The first kappa shape index (κ1) is 20.2. The third kappa shape index (κ3) is 4.34. The maximum atomic E-state index is 13.6. The maximum Gasteiger partial charge on any atom is 0.234 e. The van der Waals surface area contributed by atoms with E-state index in [1.807, 2.05) is 54.6 Å². The zero-order valence-corrected chi connectivity index (χ0v) is 18.1. The van der Waals surface area contributed by atoms with Crippen LogP contribution in [0.15, 0.2) is 54.6 Å². The Bertz CT molecular complexity index is 1040. The summed E-state index contributed by atoms with van der Waals surface area (Å²) in [6, 6.07) is 17.8. The van der Waals surface area contributed by atoms with Crippen LogP contribution in [0.5, 0.6) is 0 Å². The number of carbonyl (C=O) groups is 2. The van der Waals surface area contributed by atoms with Crippen LogP contribution in [-0.2, 0) is 20.9 Å². The van der Waals surface area contributed by atoms with Crippen LogP contribution in [0.25, 0.3) is 10.2 Å². The highest BCUT2D eigenvalue weighted by atomic mass is 32.1. The van der Waals surface area contributed by atoms with Gasteiger partial charge in [-0.3, -0.25) is 14.5 Å². The Morgan fingerprint density at radius 2 is 1.97 bits per heavy atom. The number of fused-ring (bicyclic) bond motifs is 1. The molecule has 0 spiro atoms. The third-order valence-electron chi connectivity index (χ3n) is 5.97. The number of para-hydroxylation sites is 1. The van der Waals surface area contributed by atoms with Gasteiger partial charge in [-0.15, -0.1) is 0 Å². The second kappa shape index (κ2) is 8.77. The van der Waals surface area contributed by atoms with Crippen molar-refractivity contribution in [2.45, 2.75) is 31.9 Å². The molecule has 2 aromatic carbocycles. The molecule has 1 aromatic heterocycles. The fraction of sp³-hybridized carbons (Fsp3) is 0.375. The summed E-state index contributed by atoms with van der Waals surface area (Å²) in [7, 11) is 0. The van der Waals surface area contributed by atoms with Crippen molar-refractivity contribution in [3.8, 4) is 0 Å². The molecular formula is C24H25N3O3S. The highest BCUT2D eigenvalue weighted by molar-refractivity contribution is 7.22. The summed E-state index contributed by atoms with van der Waals surface area (Å²) >= 11 is 1.52. The molecule has 0 N–H and O–H groups in total. The third-order valence-corrected chi connectivity index (χ3v) is 7.03. The van der Waals surface area contributed by atoms with Crippen molar-refractivity contribution in [3.05, 3.63) is 60.2 Å². The number of aromatic nitrogens is 1. The molecule has 2 atom stereocenters. The van der Waals surface area contributed by atoms with E-state index >= 15 is 0 Å². The number of benzene rings is 2. The molecule has 2 amide bonds. The maximum absolute atomic E-state index is 13.6. The second-order valence-corrected chi connectivity index (χ2v) is 9.22. The number of rotatable bonds is 6. The Labute approximate surface area is 185 Å². The summed E-state index contributed by atoms with van der Waals surface area (Å²) in [5.41, 5.74) is 1.96. The normalized spacial score (nSPS) is 21.2. The lowest BCUT2D eigenvalue weighted by Gasteiger charge is -2.25. The molecule has 0 saturated carbocycles. The van der Waals surface area contributed by atoms with E-state index in [1.165, 1.54) is 11.3 Å². The van der Waals surface area contributed by atoms with Gasteiger partial charge in [0.15, 0.2) is 5.13 Å². The van der Waals surface area contributed by atoms with E-state index in [0.29, 0.717) is 24.8 Å². The Kier molecular flexibility index (Phi) is 5.70. The van der Waals surface area contributed by atoms with Gasteiger partial charge in [-0.2, -0.15) is 0 Å². The first-order valence-corrected chi connectivity index (χ1v) is 11.6. The molecule has 7 heteroatoms. The average molecular weight is 436 g/mol. The van der Waals surface area contributed by atoms with E-state index < -0.39 is 0 Å². The van der Waals surface area contributed by atoms with Gasteiger partial charge in [0.2, 0.25) is 11.8 Å². The molecule has 0 bridgehead atoms. The lowest BCUT2D eigenvalue weighted by molar-refractivity contribution is -0.129. The SMILES string of the molecule is O=C1C[C@@H](C(=O)N(C[C@@H]2CCCO2)c2nc3ccccc3s2)CN1Cc1ccccc1. The monoisotopic (exact) mass is 435 g/mol. The molecule has 3 heterocycles. The van der Waals surface area contributed by atoms with E-state index in [0.717, 1.165) is 35.2 Å². The van der Waals surface area contributed by atoms with Crippen LogP contribution >= 0.6 is 11.3 Å². The van der Waals surface area contributed by atoms with E-state index in [2.05, 4.69) is 0 Å². The Balaban J connectivity index is 1.36. The van der Waals surface area contributed by atoms with Crippen molar-refractivity contribution in [3.63, 3.8) is 0 Å². The minimum atomic E-state index is -0.357. The number of likely N-dealkylation sites (tertiary alicyclic amines) is 1. The van der Waals surface area contributed by atoms with E-state index in [1.54, 1.807) is 9.80 Å². The molecule has 5 rings (SSSR count). The summed E-state index contributed by atoms with van der Waals surface area (Å²) in [5.74, 6) is -0.355. The minimum absolute atomic E-state index is 0.0217. The first-order chi connectivity index (χ1) is 15.2. The van der Waals surface area contributed by atoms with Crippen molar-refractivity contribution < 1.29 is 14.3 Å². The van der Waals surface area contributed by atoms with Gasteiger partial charge < -0.3 is 9.64 Å². The van der Waals surface area contributed by atoms with Crippen molar-refractivity contribution in [1.29, 1.82) is 0 Å². The van der Waals surface area contributed by atoms with Crippen molar-refractivity contribution >= 4 is 38.5 Å². The van der Waals surface area contributed by atoms with Crippen LogP contribution in [0, 0.1) is 5.92 Å². The molecule has 31 heavy (non-hydrogen) atoms. The Hall–Kier alpha value is -2.77. The van der Waals surface area contributed by atoms with Gasteiger partial charge in [0, 0.05) is 26.1 Å². The van der Waals surface area contributed by atoms with Crippen LogP contribution in [0.3, 0.4) is 0 Å². The van der Waals surface area contributed by atoms with Gasteiger partial charge in [-0.1, -0.05) is 53.8 Å². The average Bonchev–Trinajstić information content (AvgIpc) is 3.52. The van der Waals surface area contributed by atoms with Crippen LogP contribution in [0.1, 0.15) is 24.8 Å². The molecule has 0 aliphatic carbocycles. The first-order valence-electron chi connectivity index (χ1n) is 10.8. The van der Waals surface area contributed by atoms with Crippen molar-refractivity contribution in [2.24, 2.45) is 5.92 Å². The molecule has 6 nitrogen and oxygen atoms in total. The number of anilines is 1. The second-order valence-electron chi connectivity index (χ2n) is 8.21. The van der Waals surface area contributed by atoms with Crippen molar-refractivity contribution in [2.75, 3.05) is 24.6 Å². The highest BCUT2D eigenvalue weighted by Crippen LogP contribution is 2.32. The van der Waals surface area contributed by atoms with Gasteiger partial charge in [-0.05, 0) is 30.5 Å². The quantitative estimate of drug-likeness (QED) is 0.590. The van der Waals surface area contributed by atoms with Crippen LogP contribution < -0.4 is 4.90 Å². The molecule has 2 aliphatic rings. The van der Waals surface area contributed by atoms with Crippen LogP contribution in [0.2, 0.25) is 0 Å². The highest BCUT2D eigenvalue weighted by Gasteiger charge is 2.38. The van der Waals surface area contributed by atoms with Crippen LogP contribution in [-0.4, -0.2) is 47.5 Å². The smallest absolute Gasteiger partial charge is 0.234 e. The lowest BCUT2D eigenvalue weighted by Crippen LogP contribution is -2.42. The predicted molar refractivity (Wildman–Crippen MR) is 121 cm³/mol. The summed E-state index contributed by atoms with van der Waals surface area (Å²) in [4.78, 5) is 34.6. The Morgan fingerprint density at radius 3 is 2.74 bits per heavy atom. The molecule has 3 aromatic rings. The van der Waals surface area contributed by atoms with Gasteiger partial charge in [0.05, 0.1) is 28.8 Å². The molecule has 160 valence electrons. The lowest BCUT2D eigenvalue weighted by atomic mass is 10.1. The van der Waals surface area contributed by atoms with Crippen LogP contribution in [0.4, 0.5) is 5.13 Å². The molecule has 2 fully saturated rings. The topological polar surface area (TPSA) is 62.7 Å². The van der Waals surface area contributed by atoms with E-state index in [-0.39, 0.29) is 30.3 Å². The molecule has 0 radical (unpaired) electrons. The molecule has 0 unspecified atom stereocenters. The fourth-order valence-electron chi connectivity index (χ4n) is 4.34. The molecular weight excluding hydrogens is 410 g/mol. The Morgan fingerprint density at radius 1 is 1.16 bits per heavy atom. The zero-order valence-electron chi connectivity index (χ0n) is 17.3. The van der Waals surface area contributed by atoms with Gasteiger partial charge in [0.1, 0.15) is 0 Å². The predicted octanol–water partition coefficient (Wildman–Crippen LogP) is 3.86. The standard InChI is InChI=1S/C24H25N3O3S/c28-22-13-18(15-26(22)14-17-7-2-1-3-8-17)23(29)27(16-19-9-6-12-30-19)24-25-20-10-4-5-11-21(20)31-24/h1-5,7-8,10-11,18-19H,6,9,12-16H2/t18-,19+/m1/s1. The van der Waals surface area contributed by atoms with E-state index in [4.69, 9.17) is 9.72 Å². The molecule has 2 saturated heterocycles. The number of hydrogen-bond acceptors (Lipinski definition) is 5. The summed E-state index contributed by atoms with van der Waals surface area (Å²) in [6.07, 6.45) is 2.23. The summed E-state index contributed by atoms with van der Waals surface area (Å²) < 4.78 is 6.87. The number of carbonyl (C=O) groups excluding carboxylic acids is 2. The molecule has 2 aliphatic heterocycles. The summed E-state index contributed by atoms with van der Waals surface area (Å²) in [6.45, 7) is 2.21. The number of ether oxygens (including phenoxy) is 1. The number of amides is 2. The number of thiazole rings is 1. The van der Waals surface area contributed by atoms with Gasteiger partial charge in [-0.25, -0.2) is 4.98 Å².